The van der Waals surface area contributed by atoms with Crippen molar-refractivity contribution in [2.45, 2.75) is 24.9 Å². The van der Waals surface area contributed by atoms with Gasteiger partial charge in [-0.3, -0.25) is 0 Å². The molecule has 0 radical (unpaired) electrons. The zero-order valence-corrected chi connectivity index (χ0v) is 11.8. The van der Waals surface area contributed by atoms with E-state index in [-0.39, 0.29) is 6.61 Å². The minimum Gasteiger partial charge on any atom is -0.396 e. The zero-order valence-electron chi connectivity index (χ0n) is 11.8. The second-order valence-corrected chi connectivity index (χ2v) is 5.69. The van der Waals surface area contributed by atoms with E-state index in [1.807, 2.05) is 24.0 Å². The molecule has 3 rings (SSSR count). The Morgan fingerprint density at radius 1 is 1.30 bits per heavy atom. The number of aliphatic hydroxyl groups excluding tert-OH is 1. The molecule has 1 aromatic heterocycles. The summed E-state index contributed by atoms with van der Waals surface area (Å²) in [5, 5.41) is 19.4. The molecular formula is C15H21N3O2. The predicted molar refractivity (Wildman–Crippen MR) is 78.8 cm³/mol. The highest BCUT2D eigenvalue weighted by Gasteiger charge is 2.32. The molecule has 1 fully saturated rings. The second kappa shape index (κ2) is 5.07. The van der Waals surface area contributed by atoms with E-state index in [0.29, 0.717) is 19.3 Å². The molecule has 2 heterocycles. The Balaban J connectivity index is 1.83. The van der Waals surface area contributed by atoms with Gasteiger partial charge in [0, 0.05) is 26.7 Å². The number of aromatic nitrogens is 2. The average molecular weight is 275 g/mol. The van der Waals surface area contributed by atoms with Crippen LogP contribution in [0.5, 0.6) is 0 Å². The molecule has 0 aliphatic carbocycles. The molecule has 0 atom stereocenters. The van der Waals surface area contributed by atoms with E-state index in [0.717, 1.165) is 29.8 Å². The first-order chi connectivity index (χ1) is 9.63. The summed E-state index contributed by atoms with van der Waals surface area (Å²) in [4.78, 5) is 6.76. The van der Waals surface area contributed by atoms with Crippen LogP contribution in [0.4, 0.5) is 5.69 Å². The SMILES string of the molecule is Cn1cnc2c(N3CCC(O)(CCO)CC3)cccc21. The van der Waals surface area contributed by atoms with Crippen LogP contribution in [0.3, 0.4) is 0 Å². The van der Waals surface area contributed by atoms with E-state index in [2.05, 4.69) is 22.0 Å². The van der Waals surface area contributed by atoms with Crippen LogP contribution < -0.4 is 4.90 Å². The van der Waals surface area contributed by atoms with Crippen molar-refractivity contribution in [2.24, 2.45) is 7.05 Å². The molecule has 108 valence electrons. The summed E-state index contributed by atoms with van der Waals surface area (Å²) < 4.78 is 2.02. The van der Waals surface area contributed by atoms with Crippen LogP contribution >= 0.6 is 0 Å². The van der Waals surface area contributed by atoms with Gasteiger partial charge in [-0.15, -0.1) is 0 Å². The van der Waals surface area contributed by atoms with Crippen LogP contribution in [0.1, 0.15) is 19.3 Å². The standard InChI is InChI=1S/C15H21N3O2/c1-17-11-16-14-12(17)3-2-4-13(14)18-8-5-15(20,6-9-18)7-10-19/h2-4,11,19-20H,5-10H2,1H3. The molecule has 0 bridgehead atoms. The van der Waals surface area contributed by atoms with Gasteiger partial charge in [0.2, 0.25) is 0 Å². The maximum Gasteiger partial charge on any atom is 0.112 e. The normalized spacial score (nSPS) is 18.6. The highest BCUT2D eigenvalue weighted by molar-refractivity contribution is 5.89. The number of imidazole rings is 1. The van der Waals surface area contributed by atoms with Crippen molar-refractivity contribution in [1.29, 1.82) is 0 Å². The van der Waals surface area contributed by atoms with Crippen LogP contribution in [0, 0.1) is 0 Å². The molecule has 1 aliphatic rings. The molecule has 1 saturated heterocycles. The van der Waals surface area contributed by atoms with Gasteiger partial charge in [-0.2, -0.15) is 0 Å². The highest BCUT2D eigenvalue weighted by atomic mass is 16.3. The first-order valence-corrected chi connectivity index (χ1v) is 7.11. The Hall–Kier alpha value is -1.59. The summed E-state index contributed by atoms with van der Waals surface area (Å²) in [6, 6.07) is 6.21. The van der Waals surface area contributed by atoms with Crippen molar-refractivity contribution >= 4 is 16.7 Å². The first kappa shape index (κ1) is 13.4. The third kappa shape index (κ3) is 2.27. The van der Waals surface area contributed by atoms with Crippen LogP contribution in [0.15, 0.2) is 24.5 Å². The Bertz CT molecular complexity index is 600. The summed E-state index contributed by atoms with van der Waals surface area (Å²) in [5.41, 5.74) is 2.57. The Morgan fingerprint density at radius 2 is 2.05 bits per heavy atom. The zero-order chi connectivity index (χ0) is 14.2. The van der Waals surface area contributed by atoms with Crippen LogP contribution in [-0.4, -0.2) is 45.1 Å². The van der Waals surface area contributed by atoms with Crippen molar-refractivity contribution < 1.29 is 10.2 Å². The van der Waals surface area contributed by atoms with Gasteiger partial charge >= 0.3 is 0 Å². The van der Waals surface area contributed by atoms with Gasteiger partial charge in [-0.25, -0.2) is 4.98 Å². The molecule has 0 spiro atoms. The molecule has 2 N–H and O–H groups in total. The van der Waals surface area contributed by atoms with Crippen molar-refractivity contribution in [3.8, 4) is 0 Å². The molecule has 20 heavy (non-hydrogen) atoms. The minimum absolute atomic E-state index is 0.0479. The topological polar surface area (TPSA) is 61.5 Å². The Kier molecular flexibility index (Phi) is 3.40. The molecule has 5 nitrogen and oxygen atoms in total. The summed E-state index contributed by atoms with van der Waals surface area (Å²) in [5.74, 6) is 0. The van der Waals surface area contributed by atoms with Crippen molar-refractivity contribution in [3.05, 3.63) is 24.5 Å². The fourth-order valence-corrected chi connectivity index (χ4v) is 3.02. The van der Waals surface area contributed by atoms with Crippen LogP contribution in [0.25, 0.3) is 11.0 Å². The number of hydrogen-bond donors (Lipinski definition) is 2. The molecular weight excluding hydrogens is 254 g/mol. The van der Waals surface area contributed by atoms with E-state index in [9.17, 15) is 5.11 Å². The van der Waals surface area contributed by atoms with E-state index in [1.165, 1.54) is 0 Å². The number of anilines is 1. The van der Waals surface area contributed by atoms with Crippen molar-refractivity contribution in [1.82, 2.24) is 9.55 Å². The van der Waals surface area contributed by atoms with E-state index >= 15 is 0 Å². The summed E-state index contributed by atoms with van der Waals surface area (Å²) in [6.07, 6.45) is 3.68. The van der Waals surface area contributed by atoms with Crippen LogP contribution in [-0.2, 0) is 7.05 Å². The summed E-state index contributed by atoms with van der Waals surface area (Å²) >= 11 is 0. The molecule has 1 aromatic carbocycles. The van der Waals surface area contributed by atoms with Crippen molar-refractivity contribution in [3.63, 3.8) is 0 Å². The maximum absolute atomic E-state index is 10.3. The van der Waals surface area contributed by atoms with E-state index in [1.54, 1.807) is 0 Å². The van der Waals surface area contributed by atoms with Gasteiger partial charge in [0.15, 0.2) is 0 Å². The van der Waals surface area contributed by atoms with Gasteiger partial charge in [0.05, 0.1) is 23.1 Å². The Morgan fingerprint density at radius 3 is 2.75 bits per heavy atom. The number of benzene rings is 1. The van der Waals surface area contributed by atoms with Gasteiger partial charge < -0.3 is 19.7 Å². The molecule has 5 heteroatoms. The summed E-state index contributed by atoms with van der Waals surface area (Å²) in [6.45, 7) is 1.64. The highest BCUT2D eigenvalue weighted by Crippen LogP contribution is 2.31. The van der Waals surface area contributed by atoms with E-state index < -0.39 is 5.60 Å². The van der Waals surface area contributed by atoms with Crippen molar-refractivity contribution in [2.75, 3.05) is 24.6 Å². The second-order valence-electron chi connectivity index (χ2n) is 5.69. The number of para-hydroxylation sites is 1. The van der Waals surface area contributed by atoms with Gasteiger partial charge in [-0.05, 0) is 31.4 Å². The minimum atomic E-state index is -0.705. The third-order valence-corrected chi connectivity index (χ3v) is 4.35. The lowest BCUT2D eigenvalue weighted by Crippen LogP contribution is -2.45. The number of nitrogens with zero attached hydrogens (tertiary/aromatic N) is 3. The van der Waals surface area contributed by atoms with Crippen LogP contribution in [0.2, 0.25) is 0 Å². The monoisotopic (exact) mass is 275 g/mol. The lowest BCUT2D eigenvalue weighted by atomic mass is 9.88. The smallest absolute Gasteiger partial charge is 0.112 e. The molecule has 1 aliphatic heterocycles. The fraction of sp³-hybridized carbons (Fsp3) is 0.533. The maximum atomic E-state index is 10.3. The average Bonchev–Trinajstić information content (AvgIpc) is 2.82. The number of piperidine rings is 1. The molecule has 0 saturated carbocycles. The van der Waals surface area contributed by atoms with Gasteiger partial charge in [0.25, 0.3) is 0 Å². The molecule has 0 amide bonds. The number of rotatable bonds is 3. The predicted octanol–water partition coefficient (Wildman–Crippen LogP) is 1.29. The number of aliphatic hydroxyl groups is 2. The quantitative estimate of drug-likeness (QED) is 0.886. The third-order valence-electron chi connectivity index (χ3n) is 4.35. The first-order valence-electron chi connectivity index (χ1n) is 7.11. The van der Waals surface area contributed by atoms with Gasteiger partial charge in [0.1, 0.15) is 5.52 Å². The van der Waals surface area contributed by atoms with Gasteiger partial charge in [-0.1, -0.05) is 6.07 Å². The lowest BCUT2D eigenvalue weighted by molar-refractivity contribution is -0.00530. The largest absolute Gasteiger partial charge is 0.396 e. The fourth-order valence-electron chi connectivity index (χ4n) is 3.02. The lowest BCUT2D eigenvalue weighted by Gasteiger charge is -2.39. The Labute approximate surface area is 118 Å². The number of fused-ring (bicyclic) bond motifs is 1. The number of aryl methyl sites for hydroxylation is 1. The van der Waals surface area contributed by atoms with E-state index in [4.69, 9.17) is 5.11 Å². The number of hydrogen-bond acceptors (Lipinski definition) is 4. The molecule has 2 aromatic rings. The molecule has 0 unspecified atom stereocenters. The summed E-state index contributed by atoms with van der Waals surface area (Å²) in [7, 11) is 2.00.